The van der Waals surface area contributed by atoms with Gasteiger partial charge in [0.1, 0.15) is 0 Å². The number of hydrogen-bond acceptors (Lipinski definition) is 3. The zero-order chi connectivity index (χ0) is 18.7. The van der Waals surface area contributed by atoms with Gasteiger partial charge in [-0.3, -0.25) is 4.79 Å². The van der Waals surface area contributed by atoms with E-state index in [4.69, 9.17) is 24.8 Å². The van der Waals surface area contributed by atoms with Crippen LogP contribution in [-0.4, -0.2) is 28.1 Å². The van der Waals surface area contributed by atoms with Crippen molar-refractivity contribution in [2.75, 3.05) is 13.1 Å². The van der Waals surface area contributed by atoms with Crippen LogP contribution in [0.3, 0.4) is 0 Å². The Kier molecular flexibility index (Phi) is 7.95. The summed E-state index contributed by atoms with van der Waals surface area (Å²) in [6.07, 6.45) is 3.87. The van der Waals surface area contributed by atoms with Crippen LogP contribution in [0.5, 0.6) is 0 Å². The van der Waals surface area contributed by atoms with Gasteiger partial charge in [-0.25, -0.2) is 0 Å². The fraction of sp³-hybridized carbons (Fsp3) is 0.182. The second kappa shape index (κ2) is 9.76. The molecule has 3 rings (SSSR count). The summed E-state index contributed by atoms with van der Waals surface area (Å²) in [5.74, 6) is 0.0636. The van der Waals surface area contributed by atoms with Crippen molar-refractivity contribution in [1.82, 2.24) is 4.90 Å². The van der Waals surface area contributed by atoms with E-state index in [-0.39, 0.29) is 35.3 Å². The number of piperidine rings is 1. The number of rotatable bonds is 2. The maximum absolute atomic E-state index is 13.0. The number of Topliss-reactive ketones (excluding diaryl/α,β-unsaturated/α-hetero) is 1. The van der Waals surface area contributed by atoms with Crippen LogP contribution in [0, 0.1) is 13.8 Å². The average Bonchev–Trinajstić information content (AvgIpc) is 2.62. The van der Waals surface area contributed by atoms with Gasteiger partial charge in [0.05, 0.1) is 0 Å². The first kappa shape index (κ1) is 22.0. The summed E-state index contributed by atoms with van der Waals surface area (Å²) >= 11 is 10.4. The Hall–Kier alpha value is -1.30. The Bertz CT molecular complexity index is 831. The Morgan fingerprint density at radius 2 is 1.26 bits per heavy atom. The minimum atomic E-state index is 0. The molecule has 1 heterocycles. The van der Waals surface area contributed by atoms with Crippen LogP contribution in [0.1, 0.15) is 22.3 Å². The molecule has 2 aromatic rings. The summed E-state index contributed by atoms with van der Waals surface area (Å²) in [6.45, 7) is 5.01. The van der Waals surface area contributed by atoms with Gasteiger partial charge in [-0.05, 0) is 37.1 Å². The molecule has 2 aromatic carbocycles. The molecule has 0 radical (unpaired) electrons. The Morgan fingerprint density at radius 1 is 0.889 bits per heavy atom. The fourth-order valence-electron chi connectivity index (χ4n) is 2.90. The summed E-state index contributed by atoms with van der Waals surface area (Å²) in [4.78, 5) is 14.9. The topological polar surface area (TPSA) is 20.3 Å². The van der Waals surface area contributed by atoms with Gasteiger partial charge in [-0.15, -0.1) is 0 Å². The largest absolute Gasteiger partial charge is 1.00 e. The zero-order valence-corrected chi connectivity index (χ0v) is 19.5. The Labute approximate surface area is 194 Å². The van der Waals surface area contributed by atoms with Crippen molar-refractivity contribution in [3.05, 3.63) is 81.9 Å². The third-order valence-electron chi connectivity index (χ3n) is 4.40. The number of hydrogen-bond donors (Lipinski definition) is 0. The molecule has 5 heteroatoms. The first-order chi connectivity index (χ1) is 12.4. The van der Waals surface area contributed by atoms with Crippen LogP contribution in [-0.2, 0) is 17.4 Å². The minimum Gasteiger partial charge on any atom is -0.411 e. The van der Waals surface area contributed by atoms with E-state index in [0.29, 0.717) is 28.6 Å². The number of ketones is 1. The van der Waals surface area contributed by atoms with Crippen molar-refractivity contribution in [2.24, 2.45) is 0 Å². The molecule has 0 bridgehead atoms. The molecule has 0 amide bonds. The number of carbonyl (C=O) groups excluding carboxylic acids is 1. The van der Waals surface area contributed by atoms with Crippen molar-refractivity contribution in [3.8, 4) is 0 Å². The summed E-state index contributed by atoms with van der Waals surface area (Å²) in [5, 5.41) is 0. The van der Waals surface area contributed by atoms with Gasteiger partial charge < -0.3 is 29.7 Å². The molecule has 0 aliphatic carbocycles. The minimum absolute atomic E-state index is 0. The predicted molar refractivity (Wildman–Crippen MR) is 115 cm³/mol. The number of thiocarbonyl (C=S) groups is 1. The van der Waals surface area contributed by atoms with Gasteiger partial charge in [0, 0.05) is 24.2 Å². The molecule has 132 valence electrons. The van der Waals surface area contributed by atoms with Gasteiger partial charge in [-0.2, -0.15) is 0 Å². The molecule has 0 spiro atoms. The zero-order valence-electron chi connectivity index (χ0n) is 15.9. The molecule has 0 aromatic heterocycles. The second-order valence-corrected chi connectivity index (χ2v) is 7.64. The second-order valence-electron chi connectivity index (χ2n) is 6.61. The molecular formula is C22H20NNaOS2. The summed E-state index contributed by atoms with van der Waals surface area (Å²) < 4.78 is 0.391. The number of benzene rings is 2. The Morgan fingerprint density at radius 3 is 1.59 bits per heavy atom. The van der Waals surface area contributed by atoms with Crippen LogP contribution in [0.4, 0.5) is 0 Å². The molecule has 0 saturated carbocycles. The fourth-order valence-corrected chi connectivity index (χ4v) is 3.15. The van der Waals surface area contributed by atoms with Crippen molar-refractivity contribution in [3.63, 3.8) is 0 Å². The molecule has 1 aliphatic heterocycles. The maximum atomic E-state index is 13.0. The Balaban J connectivity index is 0.00000261. The number of carbonyl (C=O) groups is 1. The van der Waals surface area contributed by atoms with Crippen LogP contribution in [0.25, 0.3) is 12.2 Å². The molecule has 1 saturated heterocycles. The van der Waals surface area contributed by atoms with Crippen LogP contribution < -0.4 is 29.6 Å². The molecule has 2 nitrogen and oxygen atoms in total. The molecule has 0 atom stereocenters. The van der Waals surface area contributed by atoms with E-state index in [9.17, 15) is 4.79 Å². The average molecular weight is 402 g/mol. The summed E-state index contributed by atoms with van der Waals surface area (Å²) in [6, 6.07) is 16.2. The molecular weight excluding hydrogens is 381 g/mol. The summed E-state index contributed by atoms with van der Waals surface area (Å²) in [7, 11) is 0. The summed E-state index contributed by atoms with van der Waals surface area (Å²) in [5.41, 5.74) is 5.82. The standard InChI is InChI=1S/C22H21NOS2.Na/c1-15-3-7-17(8-4-15)11-19-13-23(22(25)26)14-20(21(19)24)12-18-9-5-16(2)6-10-18;/h3-12H,13-14H2,1-2H3,(H,25,26);/q;+1/p-1/b19-11+,20-12+;. The molecule has 1 fully saturated rings. The smallest absolute Gasteiger partial charge is 0.411 e. The van der Waals surface area contributed by atoms with E-state index in [1.807, 2.05) is 79.4 Å². The van der Waals surface area contributed by atoms with Crippen molar-refractivity contribution >= 4 is 47.1 Å². The van der Waals surface area contributed by atoms with Gasteiger partial charge in [0.25, 0.3) is 0 Å². The van der Waals surface area contributed by atoms with Crippen molar-refractivity contribution in [2.45, 2.75) is 13.8 Å². The van der Waals surface area contributed by atoms with Crippen LogP contribution >= 0.6 is 12.2 Å². The predicted octanol–water partition coefficient (Wildman–Crippen LogP) is 1.49. The molecule has 0 unspecified atom stereocenters. The van der Waals surface area contributed by atoms with Gasteiger partial charge >= 0.3 is 29.6 Å². The maximum Gasteiger partial charge on any atom is 1.00 e. The van der Waals surface area contributed by atoms with Crippen molar-refractivity contribution < 1.29 is 34.4 Å². The van der Waals surface area contributed by atoms with Gasteiger partial charge in [0.2, 0.25) is 0 Å². The SMILES string of the molecule is Cc1ccc(/C=C2\CN(C(=S)[S-])C/C(=C\c3ccc(C)cc3)C2=O)cc1.[Na+]. The molecule has 0 N–H and O–H groups in total. The van der Waals surface area contributed by atoms with E-state index in [1.54, 1.807) is 0 Å². The van der Waals surface area contributed by atoms with Crippen LogP contribution in [0.2, 0.25) is 0 Å². The third-order valence-corrected chi connectivity index (χ3v) is 4.92. The monoisotopic (exact) mass is 401 g/mol. The van der Waals surface area contributed by atoms with E-state index >= 15 is 0 Å². The third kappa shape index (κ3) is 5.84. The molecule has 27 heavy (non-hydrogen) atoms. The molecule has 1 aliphatic rings. The number of likely N-dealkylation sites (tertiary alicyclic amines) is 1. The quantitative estimate of drug-likeness (QED) is 0.329. The van der Waals surface area contributed by atoms with E-state index in [0.717, 1.165) is 11.1 Å². The first-order valence-corrected chi connectivity index (χ1v) is 9.29. The number of aryl methyl sites for hydroxylation is 2. The van der Waals surface area contributed by atoms with Gasteiger partial charge in [-0.1, -0.05) is 64.0 Å². The van der Waals surface area contributed by atoms with E-state index in [1.165, 1.54) is 11.1 Å². The van der Waals surface area contributed by atoms with Crippen LogP contribution in [0.15, 0.2) is 59.7 Å². The first-order valence-electron chi connectivity index (χ1n) is 8.47. The number of nitrogens with zero attached hydrogens (tertiary/aromatic N) is 1. The van der Waals surface area contributed by atoms with Crippen molar-refractivity contribution in [1.29, 1.82) is 0 Å². The van der Waals surface area contributed by atoms with E-state index in [2.05, 4.69) is 0 Å². The van der Waals surface area contributed by atoms with Gasteiger partial charge in [0.15, 0.2) is 5.78 Å². The normalized spacial score (nSPS) is 17.1. The van der Waals surface area contributed by atoms with E-state index < -0.39 is 0 Å².